The Morgan fingerprint density at radius 3 is 2.30 bits per heavy atom. The Balaban J connectivity index is 2.19. The second-order valence-electron chi connectivity index (χ2n) is 5.16. The van der Waals surface area contributed by atoms with Crippen molar-refractivity contribution in [2.45, 2.75) is 32.7 Å². The summed E-state index contributed by atoms with van der Waals surface area (Å²) in [6, 6.07) is 15.3. The first-order valence-corrected chi connectivity index (χ1v) is 7.72. The number of aryl methyl sites for hydroxylation is 2. The van der Waals surface area contributed by atoms with Gasteiger partial charge in [-0.05, 0) is 54.2 Å². The molecule has 0 saturated carbocycles. The van der Waals surface area contributed by atoms with Gasteiger partial charge in [-0.2, -0.15) is 0 Å². The molecule has 3 heteroatoms. The molecular weight excluding hydrogens is 312 g/mol. The lowest BCUT2D eigenvalue weighted by molar-refractivity contribution is 0.551. The van der Waals surface area contributed by atoms with E-state index in [4.69, 9.17) is 5.84 Å². The molecule has 20 heavy (non-hydrogen) atoms. The fourth-order valence-corrected chi connectivity index (χ4v) is 3.01. The van der Waals surface area contributed by atoms with Crippen molar-refractivity contribution < 1.29 is 0 Å². The number of hydrogen-bond acceptors (Lipinski definition) is 2. The molecule has 0 aliphatic rings. The van der Waals surface area contributed by atoms with Gasteiger partial charge in [0.1, 0.15) is 0 Å². The average molecular weight is 333 g/mol. The van der Waals surface area contributed by atoms with Crippen LogP contribution in [0.25, 0.3) is 0 Å². The largest absolute Gasteiger partial charge is 0.271 e. The summed E-state index contributed by atoms with van der Waals surface area (Å²) in [4.78, 5) is 0. The summed E-state index contributed by atoms with van der Waals surface area (Å²) in [6.45, 7) is 4.27. The van der Waals surface area contributed by atoms with Crippen molar-refractivity contribution in [1.29, 1.82) is 0 Å². The van der Waals surface area contributed by atoms with Crippen molar-refractivity contribution >= 4 is 15.9 Å². The van der Waals surface area contributed by atoms with E-state index in [9.17, 15) is 0 Å². The first kappa shape index (κ1) is 15.2. The molecule has 0 saturated heterocycles. The van der Waals surface area contributed by atoms with Crippen LogP contribution in [0.1, 0.15) is 35.2 Å². The molecule has 3 N–H and O–H groups in total. The number of rotatable bonds is 5. The minimum atomic E-state index is 0.124. The van der Waals surface area contributed by atoms with Gasteiger partial charge in [-0.15, -0.1) is 0 Å². The van der Waals surface area contributed by atoms with E-state index in [1.807, 2.05) is 0 Å². The molecule has 1 atom stereocenters. The maximum absolute atomic E-state index is 5.74. The van der Waals surface area contributed by atoms with Crippen LogP contribution in [0.2, 0.25) is 0 Å². The summed E-state index contributed by atoms with van der Waals surface area (Å²) in [7, 11) is 0. The number of nitrogens with one attached hydrogen (secondary N) is 1. The highest BCUT2D eigenvalue weighted by Gasteiger charge is 2.11. The highest BCUT2D eigenvalue weighted by Crippen LogP contribution is 2.23. The number of hydrazine groups is 1. The van der Waals surface area contributed by atoms with Crippen molar-refractivity contribution in [3.63, 3.8) is 0 Å². The van der Waals surface area contributed by atoms with Crippen LogP contribution in [0.5, 0.6) is 0 Å². The molecule has 1 unspecified atom stereocenters. The minimum absolute atomic E-state index is 0.124. The normalized spacial score (nSPS) is 12.4. The van der Waals surface area contributed by atoms with E-state index in [0.29, 0.717) is 0 Å². The van der Waals surface area contributed by atoms with E-state index in [-0.39, 0.29) is 6.04 Å². The quantitative estimate of drug-likeness (QED) is 0.639. The standard InChI is InChI=1S/C17H21BrN2/c1-3-13-4-6-14(7-5-13)10-17(20-19)15-8-12(2)9-16(18)11-15/h4-9,11,17,20H,3,10,19H2,1-2H3. The Kier molecular flexibility index (Phi) is 5.35. The third-order valence-corrected chi connectivity index (χ3v) is 4.00. The molecule has 0 aliphatic carbocycles. The van der Waals surface area contributed by atoms with Gasteiger partial charge < -0.3 is 0 Å². The second kappa shape index (κ2) is 7.02. The van der Waals surface area contributed by atoms with E-state index in [0.717, 1.165) is 17.3 Å². The lowest BCUT2D eigenvalue weighted by Crippen LogP contribution is -2.29. The van der Waals surface area contributed by atoms with Crippen LogP contribution in [-0.4, -0.2) is 0 Å². The monoisotopic (exact) mass is 332 g/mol. The summed E-state index contributed by atoms with van der Waals surface area (Å²) in [5.41, 5.74) is 8.03. The van der Waals surface area contributed by atoms with Crippen molar-refractivity contribution in [1.82, 2.24) is 5.43 Å². The molecule has 0 aromatic heterocycles. The first-order chi connectivity index (χ1) is 9.62. The third-order valence-electron chi connectivity index (χ3n) is 3.54. The van der Waals surface area contributed by atoms with Crippen molar-refractivity contribution in [3.8, 4) is 0 Å². The number of benzene rings is 2. The average Bonchev–Trinajstić information content (AvgIpc) is 2.44. The van der Waals surface area contributed by atoms with Gasteiger partial charge in [0.15, 0.2) is 0 Å². The van der Waals surface area contributed by atoms with Crippen molar-refractivity contribution in [2.24, 2.45) is 5.84 Å². The van der Waals surface area contributed by atoms with E-state index in [2.05, 4.69) is 77.7 Å². The van der Waals surface area contributed by atoms with Gasteiger partial charge in [-0.25, -0.2) is 0 Å². The molecule has 0 spiro atoms. The molecule has 2 rings (SSSR count). The van der Waals surface area contributed by atoms with Gasteiger partial charge in [0.05, 0.1) is 6.04 Å². The zero-order valence-corrected chi connectivity index (χ0v) is 13.6. The Hall–Kier alpha value is -1.16. The Morgan fingerprint density at radius 1 is 1.10 bits per heavy atom. The number of nitrogens with two attached hydrogens (primary N) is 1. The maximum Gasteiger partial charge on any atom is 0.0500 e. The number of hydrogen-bond donors (Lipinski definition) is 2. The summed E-state index contributed by atoms with van der Waals surface area (Å²) in [6.07, 6.45) is 1.96. The highest BCUT2D eigenvalue weighted by atomic mass is 79.9. The lowest BCUT2D eigenvalue weighted by atomic mass is 9.97. The zero-order chi connectivity index (χ0) is 14.5. The fraction of sp³-hybridized carbons (Fsp3) is 0.294. The predicted molar refractivity (Wildman–Crippen MR) is 88.5 cm³/mol. The fourth-order valence-electron chi connectivity index (χ4n) is 2.39. The van der Waals surface area contributed by atoms with Crippen LogP contribution in [0.4, 0.5) is 0 Å². The van der Waals surface area contributed by atoms with Gasteiger partial charge in [-0.1, -0.05) is 53.2 Å². The van der Waals surface area contributed by atoms with E-state index in [1.165, 1.54) is 22.3 Å². The third kappa shape index (κ3) is 3.92. The van der Waals surface area contributed by atoms with Gasteiger partial charge in [0, 0.05) is 4.47 Å². The molecule has 0 amide bonds. The zero-order valence-electron chi connectivity index (χ0n) is 12.0. The topological polar surface area (TPSA) is 38.0 Å². The Morgan fingerprint density at radius 2 is 1.75 bits per heavy atom. The number of halogens is 1. The van der Waals surface area contributed by atoms with Crippen LogP contribution in [0.15, 0.2) is 46.9 Å². The molecule has 106 valence electrons. The minimum Gasteiger partial charge on any atom is -0.271 e. The highest BCUT2D eigenvalue weighted by molar-refractivity contribution is 9.10. The van der Waals surface area contributed by atoms with Gasteiger partial charge >= 0.3 is 0 Å². The maximum atomic E-state index is 5.74. The summed E-state index contributed by atoms with van der Waals surface area (Å²) in [5, 5.41) is 0. The Labute approximate surface area is 129 Å². The van der Waals surface area contributed by atoms with Crippen molar-refractivity contribution in [2.75, 3.05) is 0 Å². The molecule has 2 aromatic carbocycles. The van der Waals surface area contributed by atoms with Crippen LogP contribution in [-0.2, 0) is 12.8 Å². The predicted octanol–water partition coefficient (Wildman–Crippen LogP) is 4.07. The van der Waals surface area contributed by atoms with E-state index < -0.39 is 0 Å². The molecular formula is C17H21BrN2. The summed E-state index contributed by atoms with van der Waals surface area (Å²) >= 11 is 3.55. The molecule has 0 radical (unpaired) electrons. The van der Waals surface area contributed by atoms with Crippen LogP contribution >= 0.6 is 15.9 Å². The summed E-state index contributed by atoms with van der Waals surface area (Å²) in [5.74, 6) is 5.74. The van der Waals surface area contributed by atoms with Gasteiger partial charge in [-0.3, -0.25) is 11.3 Å². The molecule has 0 heterocycles. The van der Waals surface area contributed by atoms with Crippen LogP contribution < -0.4 is 11.3 Å². The molecule has 0 fully saturated rings. The van der Waals surface area contributed by atoms with Crippen LogP contribution in [0.3, 0.4) is 0 Å². The van der Waals surface area contributed by atoms with Gasteiger partial charge in [0.25, 0.3) is 0 Å². The SMILES string of the molecule is CCc1ccc(CC(NN)c2cc(C)cc(Br)c2)cc1. The van der Waals surface area contributed by atoms with Gasteiger partial charge in [0.2, 0.25) is 0 Å². The molecule has 2 aromatic rings. The molecule has 0 bridgehead atoms. The van der Waals surface area contributed by atoms with Crippen molar-refractivity contribution in [3.05, 3.63) is 69.2 Å². The second-order valence-corrected chi connectivity index (χ2v) is 6.07. The van der Waals surface area contributed by atoms with E-state index in [1.54, 1.807) is 0 Å². The van der Waals surface area contributed by atoms with Crippen LogP contribution in [0, 0.1) is 6.92 Å². The lowest BCUT2D eigenvalue weighted by Gasteiger charge is -2.18. The molecule has 2 nitrogen and oxygen atoms in total. The molecule has 0 aliphatic heterocycles. The summed E-state index contributed by atoms with van der Waals surface area (Å²) < 4.78 is 1.09. The Bertz CT molecular complexity index is 543. The smallest absolute Gasteiger partial charge is 0.0500 e. The van der Waals surface area contributed by atoms with E-state index >= 15 is 0 Å². The first-order valence-electron chi connectivity index (χ1n) is 6.93.